The van der Waals surface area contributed by atoms with Gasteiger partial charge in [0.15, 0.2) is 0 Å². The summed E-state index contributed by atoms with van der Waals surface area (Å²) in [5.41, 5.74) is 3.24. The van der Waals surface area contributed by atoms with Crippen molar-refractivity contribution in [3.05, 3.63) is 47.3 Å². The third-order valence-electron chi connectivity index (χ3n) is 5.96. The predicted molar refractivity (Wildman–Crippen MR) is 111 cm³/mol. The molecule has 2 amide bonds. The normalized spacial score (nSPS) is 18.5. The van der Waals surface area contributed by atoms with Gasteiger partial charge in [0.05, 0.1) is 28.7 Å². The van der Waals surface area contributed by atoms with Crippen LogP contribution in [0.3, 0.4) is 0 Å². The highest BCUT2D eigenvalue weighted by Crippen LogP contribution is 2.21. The number of piperazine rings is 1. The number of hydrogen-bond donors (Lipinski definition) is 1. The minimum absolute atomic E-state index is 0.0249. The highest BCUT2D eigenvalue weighted by Gasteiger charge is 2.32. The molecule has 1 aliphatic carbocycles. The maximum atomic E-state index is 13.2. The molecule has 7 nitrogen and oxygen atoms in total. The summed E-state index contributed by atoms with van der Waals surface area (Å²) in [4.78, 5) is 29.6. The molecular weight excluding hydrogens is 366 g/mol. The van der Waals surface area contributed by atoms with E-state index < -0.39 is 0 Å². The van der Waals surface area contributed by atoms with Crippen LogP contribution >= 0.6 is 0 Å². The molecule has 1 saturated carbocycles. The summed E-state index contributed by atoms with van der Waals surface area (Å²) in [5, 5.41) is 7.67. The molecule has 1 aliphatic heterocycles. The van der Waals surface area contributed by atoms with Gasteiger partial charge in [-0.3, -0.25) is 14.5 Å². The van der Waals surface area contributed by atoms with Gasteiger partial charge in [-0.15, -0.1) is 0 Å². The number of aryl methyl sites for hydroxylation is 1. The van der Waals surface area contributed by atoms with E-state index in [2.05, 4.69) is 15.3 Å². The van der Waals surface area contributed by atoms with E-state index in [0.29, 0.717) is 37.8 Å². The Morgan fingerprint density at radius 3 is 2.34 bits per heavy atom. The lowest BCUT2D eigenvalue weighted by Crippen LogP contribution is -2.55. The summed E-state index contributed by atoms with van der Waals surface area (Å²) >= 11 is 0. The van der Waals surface area contributed by atoms with Crippen LogP contribution in [0.25, 0.3) is 5.69 Å². The molecule has 29 heavy (non-hydrogen) atoms. The van der Waals surface area contributed by atoms with Crippen molar-refractivity contribution < 1.29 is 9.59 Å². The van der Waals surface area contributed by atoms with Gasteiger partial charge in [0.2, 0.25) is 5.91 Å². The molecule has 0 spiro atoms. The van der Waals surface area contributed by atoms with E-state index in [0.717, 1.165) is 29.9 Å². The van der Waals surface area contributed by atoms with Gasteiger partial charge < -0.3 is 10.2 Å². The van der Waals surface area contributed by atoms with Crippen LogP contribution in [0.4, 0.5) is 0 Å². The number of carbonyl (C=O) groups is 2. The highest BCUT2D eigenvalue weighted by molar-refractivity contribution is 5.96. The molecule has 1 unspecified atom stereocenters. The van der Waals surface area contributed by atoms with Gasteiger partial charge in [0, 0.05) is 32.2 Å². The molecule has 1 atom stereocenters. The average Bonchev–Trinajstić information content (AvgIpc) is 3.50. The van der Waals surface area contributed by atoms with Crippen molar-refractivity contribution >= 4 is 11.8 Å². The Hall–Kier alpha value is -2.67. The molecular formula is C22H29N5O2. The first-order valence-electron chi connectivity index (χ1n) is 10.4. The van der Waals surface area contributed by atoms with E-state index in [1.54, 1.807) is 0 Å². The van der Waals surface area contributed by atoms with E-state index in [9.17, 15) is 9.59 Å². The molecule has 2 fully saturated rings. The number of nitrogens with zero attached hydrogens (tertiary/aromatic N) is 4. The van der Waals surface area contributed by atoms with E-state index in [1.807, 2.05) is 60.7 Å². The SMILES string of the molecule is Cc1nn(-c2ccccc2)c(C)c1C(=O)N1CCN(C(C)C(=O)NC2CC2)CC1. The first-order valence-corrected chi connectivity index (χ1v) is 10.4. The van der Waals surface area contributed by atoms with Gasteiger partial charge in [-0.05, 0) is 45.7 Å². The molecule has 2 aromatic rings. The Morgan fingerprint density at radius 1 is 1.07 bits per heavy atom. The van der Waals surface area contributed by atoms with Crippen LogP contribution < -0.4 is 5.32 Å². The molecule has 0 radical (unpaired) electrons. The Bertz CT molecular complexity index is 895. The summed E-state index contributed by atoms with van der Waals surface area (Å²) < 4.78 is 1.84. The minimum atomic E-state index is -0.155. The monoisotopic (exact) mass is 395 g/mol. The molecule has 2 heterocycles. The van der Waals surface area contributed by atoms with Gasteiger partial charge in [-0.1, -0.05) is 18.2 Å². The second kappa shape index (κ2) is 7.99. The van der Waals surface area contributed by atoms with Crippen molar-refractivity contribution in [3.63, 3.8) is 0 Å². The van der Waals surface area contributed by atoms with Crippen LogP contribution in [0.1, 0.15) is 41.5 Å². The summed E-state index contributed by atoms with van der Waals surface area (Å²) in [6, 6.07) is 10.1. The lowest BCUT2D eigenvalue weighted by atomic mass is 10.1. The molecule has 4 rings (SSSR count). The minimum Gasteiger partial charge on any atom is -0.352 e. The number of nitrogens with one attached hydrogen (secondary N) is 1. The summed E-state index contributed by atoms with van der Waals surface area (Å²) in [5.74, 6) is 0.125. The van der Waals surface area contributed by atoms with Gasteiger partial charge in [0.25, 0.3) is 5.91 Å². The second-order valence-electron chi connectivity index (χ2n) is 8.08. The van der Waals surface area contributed by atoms with Crippen LogP contribution in [-0.2, 0) is 4.79 Å². The van der Waals surface area contributed by atoms with Crippen LogP contribution in [0.15, 0.2) is 30.3 Å². The Morgan fingerprint density at radius 2 is 1.72 bits per heavy atom. The van der Waals surface area contributed by atoms with Crippen molar-refractivity contribution in [2.75, 3.05) is 26.2 Å². The van der Waals surface area contributed by atoms with E-state index in [-0.39, 0.29) is 17.9 Å². The van der Waals surface area contributed by atoms with Crippen molar-refractivity contribution in [3.8, 4) is 5.69 Å². The number of amides is 2. The van der Waals surface area contributed by atoms with Crippen molar-refractivity contribution in [2.24, 2.45) is 0 Å². The molecule has 2 aliphatic rings. The third-order valence-corrected chi connectivity index (χ3v) is 5.96. The van der Waals surface area contributed by atoms with Gasteiger partial charge >= 0.3 is 0 Å². The quantitative estimate of drug-likeness (QED) is 0.840. The Balaban J connectivity index is 1.42. The van der Waals surface area contributed by atoms with Crippen LogP contribution in [0, 0.1) is 13.8 Å². The first-order chi connectivity index (χ1) is 14.0. The number of aromatic nitrogens is 2. The topological polar surface area (TPSA) is 70.5 Å². The number of carbonyl (C=O) groups excluding carboxylic acids is 2. The predicted octanol–water partition coefficient (Wildman–Crippen LogP) is 1.91. The number of benzene rings is 1. The zero-order chi connectivity index (χ0) is 20.5. The maximum absolute atomic E-state index is 13.2. The molecule has 1 aromatic heterocycles. The third kappa shape index (κ3) is 4.05. The Labute approximate surface area is 171 Å². The fraction of sp³-hybridized carbons (Fsp3) is 0.500. The maximum Gasteiger partial charge on any atom is 0.257 e. The largest absolute Gasteiger partial charge is 0.352 e. The molecule has 1 N–H and O–H groups in total. The van der Waals surface area contributed by atoms with Crippen LogP contribution in [0.5, 0.6) is 0 Å². The van der Waals surface area contributed by atoms with Crippen molar-refractivity contribution in [1.82, 2.24) is 24.9 Å². The zero-order valence-corrected chi connectivity index (χ0v) is 17.4. The fourth-order valence-corrected chi connectivity index (χ4v) is 3.96. The summed E-state index contributed by atoms with van der Waals surface area (Å²) in [6.07, 6.45) is 2.19. The number of rotatable bonds is 5. The van der Waals surface area contributed by atoms with E-state index in [4.69, 9.17) is 0 Å². The van der Waals surface area contributed by atoms with Crippen molar-refractivity contribution in [1.29, 1.82) is 0 Å². The molecule has 1 saturated heterocycles. The van der Waals surface area contributed by atoms with Crippen molar-refractivity contribution in [2.45, 2.75) is 45.7 Å². The Kier molecular flexibility index (Phi) is 5.41. The summed E-state index contributed by atoms with van der Waals surface area (Å²) in [6.45, 7) is 8.44. The number of para-hydroxylation sites is 1. The molecule has 154 valence electrons. The van der Waals surface area contributed by atoms with Crippen LogP contribution in [0.2, 0.25) is 0 Å². The lowest BCUT2D eigenvalue weighted by molar-refractivity contribution is -0.126. The fourth-order valence-electron chi connectivity index (χ4n) is 3.96. The van der Waals surface area contributed by atoms with Gasteiger partial charge in [0.1, 0.15) is 0 Å². The van der Waals surface area contributed by atoms with Gasteiger partial charge in [-0.25, -0.2) is 4.68 Å². The second-order valence-corrected chi connectivity index (χ2v) is 8.08. The van der Waals surface area contributed by atoms with Crippen LogP contribution in [-0.4, -0.2) is 69.7 Å². The standard InChI is InChI=1S/C22H29N5O2/c1-15-20(16(2)27(24-15)19-7-5-4-6-8-19)22(29)26-13-11-25(12-14-26)17(3)21(28)23-18-9-10-18/h4-8,17-18H,9-14H2,1-3H3,(H,23,28). The molecule has 1 aromatic carbocycles. The smallest absolute Gasteiger partial charge is 0.257 e. The molecule has 7 heteroatoms. The highest BCUT2D eigenvalue weighted by atomic mass is 16.2. The first kappa shape index (κ1) is 19.6. The van der Waals surface area contributed by atoms with E-state index in [1.165, 1.54) is 0 Å². The number of hydrogen-bond acceptors (Lipinski definition) is 4. The molecule has 0 bridgehead atoms. The summed E-state index contributed by atoms with van der Waals surface area (Å²) in [7, 11) is 0. The lowest BCUT2D eigenvalue weighted by Gasteiger charge is -2.37. The average molecular weight is 396 g/mol. The van der Waals surface area contributed by atoms with Gasteiger partial charge in [-0.2, -0.15) is 5.10 Å². The zero-order valence-electron chi connectivity index (χ0n) is 17.4. The van der Waals surface area contributed by atoms with E-state index >= 15 is 0 Å².